The highest BCUT2D eigenvalue weighted by Crippen LogP contribution is 2.03. The zero-order valence-corrected chi connectivity index (χ0v) is 12.3. The van der Waals surface area contributed by atoms with E-state index in [1.165, 1.54) is 6.33 Å². The number of aromatic nitrogens is 2. The van der Waals surface area contributed by atoms with Crippen LogP contribution in [-0.4, -0.2) is 57.0 Å². The molecule has 0 bridgehead atoms. The Morgan fingerprint density at radius 1 is 0.957 bits per heavy atom. The molecule has 0 atom stereocenters. The van der Waals surface area contributed by atoms with E-state index in [1.54, 1.807) is 0 Å². The summed E-state index contributed by atoms with van der Waals surface area (Å²) in [4.78, 5) is 50.9. The first-order chi connectivity index (χ1) is 10.9. The molecule has 23 heavy (non-hydrogen) atoms. The van der Waals surface area contributed by atoms with Gasteiger partial charge in [0.1, 0.15) is 5.69 Å². The van der Waals surface area contributed by atoms with Crippen LogP contribution in [0.1, 0.15) is 46.7 Å². The number of nitrogens with zero attached hydrogens (tertiary/aromatic N) is 1. The molecule has 0 aliphatic heterocycles. The Labute approximate surface area is 131 Å². The lowest BCUT2D eigenvalue weighted by molar-refractivity contribution is -0.138. The lowest BCUT2D eigenvalue weighted by atomic mass is 10.2. The van der Waals surface area contributed by atoms with Crippen LogP contribution in [0.4, 0.5) is 0 Å². The molecule has 0 radical (unpaired) electrons. The SMILES string of the molecule is O=C(O)CCCNC(=O)c1nc[nH]c1C(=O)NCCCC(=O)O. The van der Waals surface area contributed by atoms with Crippen LogP contribution in [0.3, 0.4) is 0 Å². The van der Waals surface area contributed by atoms with Crippen molar-refractivity contribution in [3.63, 3.8) is 0 Å². The Kier molecular flexibility index (Phi) is 7.24. The summed E-state index contributed by atoms with van der Waals surface area (Å²) in [7, 11) is 0. The largest absolute Gasteiger partial charge is 0.481 e. The van der Waals surface area contributed by atoms with E-state index in [1.807, 2.05) is 0 Å². The van der Waals surface area contributed by atoms with Crippen LogP contribution in [0.2, 0.25) is 0 Å². The third-order valence-corrected chi connectivity index (χ3v) is 2.79. The molecule has 5 N–H and O–H groups in total. The molecule has 1 heterocycles. The van der Waals surface area contributed by atoms with E-state index < -0.39 is 23.8 Å². The number of aliphatic carboxylic acids is 2. The molecule has 10 heteroatoms. The lowest BCUT2D eigenvalue weighted by Gasteiger charge is -2.05. The fourth-order valence-electron chi connectivity index (χ4n) is 1.69. The maximum absolute atomic E-state index is 11.9. The number of rotatable bonds is 10. The van der Waals surface area contributed by atoms with Crippen LogP contribution >= 0.6 is 0 Å². The van der Waals surface area contributed by atoms with Gasteiger partial charge in [-0.1, -0.05) is 0 Å². The Balaban J connectivity index is 2.47. The minimum Gasteiger partial charge on any atom is -0.481 e. The Morgan fingerprint density at radius 3 is 2.00 bits per heavy atom. The predicted molar refractivity (Wildman–Crippen MR) is 77.0 cm³/mol. The summed E-state index contributed by atoms with van der Waals surface area (Å²) in [5.41, 5.74) is -0.132. The Morgan fingerprint density at radius 2 is 1.48 bits per heavy atom. The van der Waals surface area contributed by atoms with Crippen molar-refractivity contribution in [1.29, 1.82) is 0 Å². The summed E-state index contributed by atoms with van der Waals surface area (Å²) < 4.78 is 0. The van der Waals surface area contributed by atoms with E-state index >= 15 is 0 Å². The smallest absolute Gasteiger partial charge is 0.303 e. The van der Waals surface area contributed by atoms with E-state index in [2.05, 4.69) is 20.6 Å². The van der Waals surface area contributed by atoms with Gasteiger partial charge in [-0.15, -0.1) is 0 Å². The number of carboxylic acid groups (broad SMARTS) is 2. The zero-order valence-electron chi connectivity index (χ0n) is 12.3. The highest BCUT2D eigenvalue weighted by Gasteiger charge is 2.19. The first kappa shape index (κ1) is 18.1. The van der Waals surface area contributed by atoms with Gasteiger partial charge in [0.05, 0.1) is 6.33 Å². The van der Waals surface area contributed by atoms with E-state index in [0.29, 0.717) is 0 Å². The van der Waals surface area contributed by atoms with Crippen LogP contribution in [0.5, 0.6) is 0 Å². The van der Waals surface area contributed by atoms with Crippen molar-refractivity contribution in [1.82, 2.24) is 20.6 Å². The van der Waals surface area contributed by atoms with Crippen molar-refractivity contribution >= 4 is 23.8 Å². The van der Waals surface area contributed by atoms with Crippen molar-refractivity contribution in [2.75, 3.05) is 13.1 Å². The number of hydrogen-bond acceptors (Lipinski definition) is 5. The number of amides is 2. The fraction of sp³-hybridized carbons (Fsp3) is 0.462. The number of aromatic amines is 1. The van der Waals surface area contributed by atoms with Gasteiger partial charge in [-0.25, -0.2) is 4.98 Å². The van der Waals surface area contributed by atoms with Crippen LogP contribution in [0.25, 0.3) is 0 Å². The van der Waals surface area contributed by atoms with E-state index in [4.69, 9.17) is 10.2 Å². The number of carboxylic acids is 2. The Bertz CT molecular complexity index is 534. The molecule has 10 nitrogen and oxygen atoms in total. The van der Waals surface area contributed by atoms with Crippen molar-refractivity contribution in [3.8, 4) is 0 Å². The van der Waals surface area contributed by atoms with Crippen LogP contribution in [0, 0.1) is 0 Å². The molecular weight excluding hydrogens is 308 g/mol. The van der Waals surface area contributed by atoms with E-state index in [9.17, 15) is 19.2 Å². The van der Waals surface area contributed by atoms with Gasteiger partial charge in [0.15, 0.2) is 5.69 Å². The lowest BCUT2D eigenvalue weighted by Crippen LogP contribution is -2.30. The zero-order chi connectivity index (χ0) is 17.2. The van der Waals surface area contributed by atoms with Crippen molar-refractivity contribution in [2.24, 2.45) is 0 Å². The van der Waals surface area contributed by atoms with Crippen molar-refractivity contribution in [3.05, 3.63) is 17.7 Å². The number of H-pyrrole nitrogens is 1. The third-order valence-electron chi connectivity index (χ3n) is 2.79. The van der Waals surface area contributed by atoms with Gasteiger partial charge < -0.3 is 25.8 Å². The van der Waals surface area contributed by atoms with E-state index in [0.717, 1.165) is 0 Å². The topological polar surface area (TPSA) is 161 Å². The molecule has 1 rings (SSSR count). The quantitative estimate of drug-likeness (QED) is 0.365. The van der Waals surface area contributed by atoms with Crippen molar-refractivity contribution in [2.45, 2.75) is 25.7 Å². The molecule has 0 fully saturated rings. The average molecular weight is 326 g/mol. The second-order valence-corrected chi connectivity index (χ2v) is 4.63. The summed E-state index contributed by atoms with van der Waals surface area (Å²) >= 11 is 0. The van der Waals surface area contributed by atoms with E-state index in [-0.39, 0.29) is 50.2 Å². The van der Waals surface area contributed by atoms with Gasteiger partial charge >= 0.3 is 11.9 Å². The maximum Gasteiger partial charge on any atom is 0.303 e. The standard InChI is InChI=1S/C13H18N4O6/c18-8(19)3-1-5-14-12(22)10-11(17-7-16-10)13(23)15-6-2-4-9(20)21/h7H,1-6H2,(H,14,22)(H,15,23)(H,16,17)(H,18,19)(H,20,21). The van der Waals surface area contributed by atoms with Gasteiger partial charge in [0.25, 0.3) is 11.8 Å². The second-order valence-electron chi connectivity index (χ2n) is 4.63. The second kappa shape index (κ2) is 9.18. The van der Waals surface area contributed by atoms with Crippen LogP contribution < -0.4 is 10.6 Å². The summed E-state index contributed by atoms with van der Waals surface area (Å²) in [6.07, 6.45) is 1.59. The maximum atomic E-state index is 11.9. The molecular formula is C13H18N4O6. The minimum absolute atomic E-state index is 0.0314. The average Bonchev–Trinajstić information content (AvgIpc) is 2.97. The van der Waals surface area contributed by atoms with Crippen LogP contribution in [-0.2, 0) is 9.59 Å². The number of nitrogens with one attached hydrogen (secondary N) is 3. The monoisotopic (exact) mass is 326 g/mol. The molecule has 0 aromatic carbocycles. The molecule has 0 unspecified atom stereocenters. The van der Waals surface area contributed by atoms with Gasteiger partial charge in [-0.05, 0) is 12.8 Å². The summed E-state index contributed by atoms with van der Waals surface area (Å²) in [6.45, 7) is 0.307. The highest BCUT2D eigenvalue weighted by atomic mass is 16.4. The molecule has 1 aromatic rings. The number of hydrogen-bond donors (Lipinski definition) is 5. The normalized spacial score (nSPS) is 10.1. The molecule has 0 saturated heterocycles. The summed E-state index contributed by atoms with van der Waals surface area (Å²) in [5.74, 6) is -3.07. The van der Waals surface area contributed by atoms with Gasteiger partial charge in [0.2, 0.25) is 0 Å². The van der Waals surface area contributed by atoms with Crippen LogP contribution in [0.15, 0.2) is 6.33 Å². The molecule has 1 aromatic heterocycles. The molecule has 0 spiro atoms. The molecule has 0 aliphatic rings. The first-order valence-corrected chi connectivity index (χ1v) is 6.95. The van der Waals surface area contributed by atoms with Gasteiger partial charge in [-0.2, -0.15) is 0 Å². The van der Waals surface area contributed by atoms with Gasteiger partial charge in [0, 0.05) is 25.9 Å². The number of carbonyl (C=O) groups excluding carboxylic acids is 2. The Hall–Kier alpha value is -2.91. The first-order valence-electron chi connectivity index (χ1n) is 6.95. The highest BCUT2D eigenvalue weighted by molar-refractivity contribution is 6.04. The predicted octanol–water partition coefficient (Wildman–Crippen LogP) is -0.401. The summed E-state index contributed by atoms with van der Waals surface area (Å²) in [6, 6.07) is 0. The summed E-state index contributed by atoms with van der Waals surface area (Å²) in [5, 5.41) is 22.0. The minimum atomic E-state index is -0.958. The van der Waals surface area contributed by atoms with Crippen molar-refractivity contribution < 1.29 is 29.4 Å². The number of imidazole rings is 1. The molecule has 2 amide bonds. The van der Waals surface area contributed by atoms with Gasteiger partial charge in [-0.3, -0.25) is 19.2 Å². The molecule has 0 saturated carbocycles. The molecule has 126 valence electrons. The molecule has 0 aliphatic carbocycles. The third kappa shape index (κ3) is 6.59. The fourth-order valence-corrected chi connectivity index (χ4v) is 1.69. The number of carbonyl (C=O) groups is 4.